The molecule has 2 aromatic carbocycles. The number of benzene rings is 2. The summed E-state index contributed by atoms with van der Waals surface area (Å²) in [5, 5.41) is 17.1. The molecule has 0 aliphatic rings. The van der Waals surface area contributed by atoms with Crippen molar-refractivity contribution < 1.29 is 37.7 Å². The molecule has 0 spiro atoms. The fourth-order valence-corrected chi connectivity index (χ4v) is 3.72. The third kappa shape index (κ3) is 7.37. The van der Waals surface area contributed by atoms with Gasteiger partial charge in [0.05, 0.1) is 11.5 Å². The van der Waals surface area contributed by atoms with E-state index in [1.54, 1.807) is 24.3 Å². The minimum absolute atomic E-state index is 0.177. The van der Waals surface area contributed by atoms with Crippen molar-refractivity contribution in [2.45, 2.75) is 11.5 Å². The normalized spacial score (nSPS) is 11.0. The highest BCUT2D eigenvalue weighted by molar-refractivity contribution is 7.89. The Bertz CT molecular complexity index is 816. The number of carboxylic acid groups (broad SMARTS) is 2. The van der Waals surface area contributed by atoms with Gasteiger partial charge in [-0.3, -0.25) is 0 Å². The van der Waals surface area contributed by atoms with Gasteiger partial charge in [0.15, 0.2) is 23.1 Å². The molecule has 0 aliphatic carbocycles. The molecule has 2 rings (SSSR count). The van der Waals surface area contributed by atoms with E-state index in [-0.39, 0.29) is 11.5 Å². The predicted octanol–water partition coefficient (Wildman–Crippen LogP) is 1.73. The van der Waals surface area contributed by atoms with Crippen LogP contribution in [0.25, 0.3) is 0 Å². The van der Waals surface area contributed by atoms with Crippen LogP contribution in [-0.4, -0.2) is 43.8 Å². The van der Waals surface area contributed by atoms with Crippen molar-refractivity contribution in [1.82, 2.24) is 0 Å². The number of carboxylic acids is 2. The van der Waals surface area contributed by atoms with Crippen LogP contribution in [0.5, 0.6) is 11.5 Å². The maximum atomic E-state index is 12.4. The number of hydrogen-bond acceptors (Lipinski definition) is 6. The second-order valence-electron chi connectivity index (χ2n) is 5.68. The largest absolute Gasteiger partial charge is 0.482 e. The van der Waals surface area contributed by atoms with Crippen LogP contribution in [0.3, 0.4) is 0 Å². The van der Waals surface area contributed by atoms with E-state index in [1.165, 1.54) is 24.3 Å². The number of ether oxygens (including phenoxy) is 2. The Morgan fingerprint density at radius 3 is 1.33 bits per heavy atom. The molecule has 8 nitrogen and oxygen atoms in total. The van der Waals surface area contributed by atoms with Crippen LogP contribution >= 0.6 is 0 Å². The Hall–Kier alpha value is -3.07. The second kappa shape index (κ2) is 9.04. The Morgan fingerprint density at radius 1 is 0.704 bits per heavy atom. The number of rotatable bonds is 10. The van der Waals surface area contributed by atoms with E-state index in [0.717, 1.165) is 0 Å². The molecule has 0 unspecified atom stereocenters. The van der Waals surface area contributed by atoms with E-state index >= 15 is 0 Å². The Labute approximate surface area is 155 Å². The van der Waals surface area contributed by atoms with Gasteiger partial charge in [-0.1, -0.05) is 24.3 Å². The average Bonchev–Trinajstić information content (AvgIpc) is 2.60. The molecular formula is C18H18O8S. The van der Waals surface area contributed by atoms with Gasteiger partial charge in [-0.15, -0.1) is 0 Å². The van der Waals surface area contributed by atoms with E-state index in [1.807, 2.05) is 0 Å². The van der Waals surface area contributed by atoms with Gasteiger partial charge in [0, 0.05) is 0 Å². The van der Waals surface area contributed by atoms with Gasteiger partial charge in [-0.05, 0) is 35.4 Å². The van der Waals surface area contributed by atoms with Crippen molar-refractivity contribution in [2.24, 2.45) is 0 Å². The molecule has 0 aliphatic heterocycles. The van der Waals surface area contributed by atoms with Crippen LogP contribution in [0.1, 0.15) is 11.1 Å². The molecule has 2 aromatic rings. The number of aliphatic carboxylic acids is 2. The third-order valence-electron chi connectivity index (χ3n) is 3.34. The van der Waals surface area contributed by atoms with Crippen molar-refractivity contribution in [3.05, 3.63) is 59.7 Å². The Balaban J connectivity index is 1.94. The SMILES string of the molecule is O=C(O)COc1ccc(CS(=O)(=O)Cc2ccc(OCC(=O)O)cc2)cc1. The van der Waals surface area contributed by atoms with E-state index < -0.39 is 35.0 Å². The highest BCUT2D eigenvalue weighted by Gasteiger charge is 2.14. The lowest BCUT2D eigenvalue weighted by atomic mass is 10.2. The molecule has 0 saturated heterocycles. The molecule has 0 heterocycles. The van der Waals surface area contributed by atoms with Crippen molar-refractivity contribution in [3.63, 3.8) is 0 Å². The van der Waals surface area contributed by atoms with Gasteiger partial charge in [-0.2, -0.15) is 0 Å². The molecule has 0 radical (unpaired) electrons. The molecule has 0 saturated carbocycles. The van der Waals surface area contributed by atoms with E-state index in [0.29, 0.717) is 22.6 Å². The third-order valence-corrected chi connectivity index (χ3v) is 4.89. The molecule has 0 fully saturated rings. The molecular weight excluding hydrogens is 376 g/mol. The van der Waals surface area contributed by atoms with Crippen molar-refractivity contribution in [1.29, 1.82) is 0 Å². The lowest BCUT2D eigenvalue weighted by Gasteiger charge is -2.08. The summed E-state index contributed by atoms with van der Waals surface area (Å²) < 4.78 is 34.7. The molecule has 9 heteroatoms. The number of carbonyl (C=O) groups is 2. The molecule has 0 aromatic heterocycles. The van der Waals surface area contributed by atoms with E-state index in [4.69, 9.17) is 19.7 Å². The summed E-state index contributed by atoms with van der Waals surface area (Å²) in [7, 11) is -3.43. The maximum absolute atomic E-state index is 12.4. The standard InChI is InChI=1S/C18H18O8S/c19-17(20)9-25-15-5-1-13(2-6-15)11-27(23,24)12-14-3-7-16(8-4-14)26-10-18(21)22/h1-8H,9-12H2,(H,19,20)(H,21,22). The van der Waals surface area contributed by atoms with Crippen molar-refractivity contribution in [3.8, 4) is 11.5 Å². The summed E-state index contributed by atoms with van der Waals surface area (Å²) in [4.78, 5) is 20.9. The van der Waals surface area contributed by atoms with Crippen molar-refractivity contribution in [2.75, 3.05) is 13.2 Å². The van der Waals surface area contributed by atoms with Crippen LogP contribution in [0.4, 0.5) is 0 Å². The van der Waals surface area contributed by atoms with Gasteiger partial charge in [0.1, 0.15) is 11.5 Å². The maximum Gasteiger partial charge on any atom is 0.341 e. The minimum Gasteiger partial charge on any atom is -0.482 e. The Kier molecular flexibility index (Phi) is 6.78. The van der Waals surface area contributed by atoms with Crippen LogP contribution in [0.15, 0.2) is 48.5 Å². The van der Waals surface area contributed by atoms with Gasteiger partial charge < -0.3 is 19.7 Å². The summed E-state index contributed by atoms with van der Waals surface area (Å²) in [5.74, 6) is -1.86. The van der Waals surface area contributed by atoms with Crippen LogP contribution in [0.2, 0.25) is 0 Å². The smallest absolute Gasteiger partial charge is 0.341 e. The zero-order valence-electron chi connectivity index (χ0n) is 14.2. The lowest BCUT2D eigenvalue weighted by molar-refractivity contribution is -0.140. The summed E-state index contributed by atoms with van der Waals surface area (Å²) in [6.07, 6.45) is 0. The molecule has 144 valence electrons. The number of sulfone groups is 1. The number of hydrogen-bond donors (Lipinski definition) is 2. The predicted molar refractivity (Wildman–Crippen MR) is 95.5 cm³/mol. The molecule has 27 heavy (non-hydrogen) atoms. The molecule has 2 N–H and O–H groups in total. The quantitative estimate of drug-likeness (QED) is 0.624. The van der Waals surface area contributed by atoms with Crippen LogP contribution < -0.4 is 9.47 Å². The summed E-state index contributed by atoms with van der Waals surface area (Å²) in [6, 6.07) is 12.3. The fourth-order valence-electron chi connectivity index (χ4n) is 2.21. The fraction of sp³-hybridized carbons (Fsp3) is 0.222. The zero-order valence-corrected chi connectivity index (χ0v) is 15.0. The first kappa shape index (κ1) is 20.2. The summed E-state index contributed by atoms with van der Waals surface area (Å²) >= 11 is 0. The van der Waals surface area contributed by atoms with E-state index in [9.17, 15) is 18.0 Å². The first-order valence-electron chi connectivity index (χ1n) is 7.81. The minimum atomic E-state index is -3.43. The van der Waals surface area contributed by atoms with Gasteiger partial charge in [0.2, 0.25) is 0 Å². The first-order chi connectivity index (χ1) is 12.7. The zero-order chi connectivity index (χ0) is 19.9. The first-order valence-corrected chi connectivity index (χ1v) is 9.63. The van der Waals surface area contributed by atoms with Gasteiger partial charge in [0.25, 0.3) is 0 Å². The van der Waals surface area contributed by atoms with Crippen molar-refractivity contribution >= 4 is 21.8 Å². The lowest BCUT2D eigenvalue weighted by Crippen LogP contribution is -2.10. The highest BCUT2D eigenvalue weighted by Crippen LogP contribution is 2.18. The van der Waals surface area contributed by atoms with Crippen LogP contribution in [0, 0.1) is 0 Å². The summed E-state index contributed by atoms with van der Waals surface area (Å²) in [5.41, 5.74) is 1.11. The molecule has 0 atom stereocenters. The average molecular weight is 394 g/mol. The monoisotopic (exact) mass is 394 g/mol. The molecule has 0 amide bonds. The second-order valence-corrected chi connectivity index (χ2v) is 7.75. The highest BCUT2D eigenvalue weighted by atomic mass is 32.2. The van der Waals surface area contributed by atoms with Gasteiger partial charge in [-0.25, -0.2) is 18.0 Å². The molecule has 0 bridgehead atoms. The topological polar surface area (TPSA) is 127 Å². The van der Waals surface area contributed by atoms with Gasteiger partial charge >= 0.3 is 11.9 Å². The van der Waals surface area contributed by atoms with Crippen LogP contribution in [-0.2, 0) is 30.9 Å². The Morgan fingerprint density at radius 2 is 1.04 bits per heavy atom. The van der Waals surface area contributed by atoms with E-state index in [2.05, 4.69) is 0 Å². The summed E-state index contributed by atoms with van der Waals surface area (Å²) in [6.45, 7) is -0.937.